The van der Waals surface area contributed by atoms with Crippen molar-refractivity contribution in [2.24, 2.45) is 0 Å². The molecular formula is C15H13BrO2S. The summed E-state index contributed by atoms with van der Waals surface area (Å²) in [4.78, 5) is 1.16. The highest BCUT2D eigenvalue weighted by atomic mass is 79.9. The highest BCUT2D eigenvalue weighted by Gasteiger charge is 2.19. The average Bonchev–Trinajstić information content (AvgIpc) is 2.91. The van der Waals surface area contributed by atoms with Crippen LogP contribution < -0.4 is 0 Å². The van der Waals surface area contributed by atoms with Gasteiger partial charge in [-0.1, -0.05) is 18.2 Å². The highest BCUT2D eigenvalue weighted by Crippen LogP contribution is 2.33. The molecule has 4 heteroatoms. The van der Waals surface area contributed by atoms with Gasteiger partial charge >= 0.3 is 0 Å². The summed E-state index contributed by atoms with van der Waals surface area (Å²) in [6.07, 6.45) is 0.0786. The first-order valence-corrected chi connectivity index (χ1v) is 7.66. The van der Waals surface area contributed by atoms with Crippen molar-refractivity contribution in [2.45, 2.75) is 19.4 Å². The van der Waals surface area contributed by atoms with E-state index in [1.54, 1.807) is 11.3 Å². The Bertz CT molecular complexity index is 714. The number of fused-ring (bicyclic) bond motifs is 1. The molecular weight excluding hydrogens is 324 g/mol. The number of benzene rings is 1. The van der Waals surface area contributed by atoms with E-state index >= 15 is 0 Å². The van der Waals surface area contributed by atoms with Crippen molar-refractivity contribution in [1.82, 2.24) is 0 Å². The normalized spacial score (nSPS) is 13.0. The molecule has 0 bridgehead atoms. The van der Waals surface area contributed by atoms with Crippen LogP contribution in [0.5, 0.6) is 0 Å². The summed E-state index contributed by atoms with van der Waals surface area (Å²) in [5.41, 5.74) is 1.74. The molecule has 2 nitrogen and oxygen atoms in total. The number of hydrogen-bond acceptors (Lipinski definition) is 3. The van der Waals surface area contributed by atoms with Gasteiger partial charge in [-0.3, -0.25) is 0 Å². The van der Waals surface area contributed by atoms with Crippen LogP contribution >= 0.6 is 27.3 Å². The summed E-state index contributed by atoms with van der Waals surface area (Å²) in [7, 11) is 0. The number of furan rings is 1. The van der Waals surface area contributed by atoms with Gasteiger partial charge in [0.25, 0.3) is 0 Å². The molecule has 2 aromatic heterocycles. The molecule has 0 radical (unpaired) electrons. The minimum absolute atomic E-state index is 0.533. The Balaban J connectivity index is 1.97. The molecule has 0 amide bonds. The molecule has 98 valence electrons. The van der Waals surface area contributed by atoms with Crippen molar-refractivity contribution in [3.8, 4) is 0 Å². The first-order chi connectivity index (χ1) is 9.15. The zero-order chi connectivity index (χ0) is 13.4. The lowest BCUT2D eigenvalue weighted by molar-refractivity contribution is 0.178. The maximum absolute atomic E-state index is 10.5. The molecule has 0 aliphatic rings. The number of para-hydroxylation sites is 1. The lowest BCUT2D eigenvalue weighted by atomic mass is 10.0. The maximum atomic E-state index is 10.5. The largest absolute Gasteiger partial charge is 0.461 e. The average molecular weight is 337 g/mol. The second kappa shape index (κ2) is 5.12. The fourth-order valence-electron chi connectivity index (χ4n) is 2.36. The molecule has 0 spiro atoms. The van der Waals surface area contributed by atoms with Crippen molar-refractivity contribution in [3.05, 3.63) is 56.4 Å². The third-order valence-electron chi connectivity index (χ3n) is 3.18. The summed E-state index contributed by atoms with van der Waals surface area (Å²) >= 11 is 5.09. The van der Waals surface area contributed by atoms with Crippen molar-refractivity contribution >= 4 is 38.2 Å². The Kier molecular flexibility index (Phi) is 3.48. The number of thiophene rings is 1. The van der Waals surface area contributed by atoms with Crippen LogP contribution in [-0.2, 0) is 6.42 Å². The van der Waals surface area contributed by atoms with E-state index in [9.17, 15) is 5.11 Å². The van der Waals surface area contributed by atoms with Crippen LogP contribution in [0.15, 0.2) is 44.6 Å². The van der Waals surface area contributed by atoms with Gasteiger partial charge in [0.15, 0.2) is 0 Å². The first kappa shape index (κ1) is 12.9. The number of aliphatic hydroxyl groups excluding tert-OH is 1. The van der Waals surface area contributed by atoms with Gasteiger partial charge in [-0.15, -0.1) is 11.3 Å². The molecule has 1 aromatic carbocycles. The molecule has 0 aliphatic carbocycles. The predicted molar refractivity (Wildman–Crippen MR) is 81.6 cm³/mol. The van der Waals surface area contributed by atoms with Crippen LogP contribution in [0.25, 0.3) is 11.0 Å². The zero-order valence-electron chi connectivity index (χ0n) is 10.4. The molecule has 1 unspecified atom stereocenters. The second-order valence-corrected chi connectivity index (χ2v) is 7.04. The molecule has 3 aromatic rings. The lowest BCUT2D eigenvalue weighted by Gasteiger charge is -2.09. The number of hydrogen-bond donors (Lipinski definition) is 1. The van der Waals surface area contributed by atoms with Gasteiger partial charge in [0.05, 0.1) is 9.89 Å². The van der Waals surface area contributed by atoms with Crippen molar-refractivity contribution in [1.29, 1.82) is 0 Å². The molecule has 1 N–H and O–H groups in total. The molecule has 0 saturated heterocycles. The molecule has 1 atom stereocenters. The molecule has 3 rings (SSSR count). The summed E-state index contributed by atoms with van der Waals surface area (Å²) in [5.74, 6) is 0.796. The van der Waals surface area contributed by atoms with Gasteiger partial charge in [0.1, 0.15) is 11.3 Å². The molecule has 2 heterocycles. The summed E-state index contributed by atoms with van der Waals surface area (Å²) < 4.78 is 6.78. The van der Waals surface area contributed by atoms with Crippen LogP contribution in [0.1, 0.15) is 22.3 Å². The van der Waals surface area contributed by atoms with Crippen LogP contribution in [0, 0.1) is 6.92 Å². The van der Waals surface area contributed by atoms with E-state index in [0.29, 0.717) is 6.42 Å². The van der Waals surface area contributed by atoms with E-state index in [2.05, 4.69) is 15.9 Å². The monoisotopic (exact) mass is 336 g/mol. The van der Waals surface area contributed by atoms with Gasteiger partial charge in [0.2, 0.25) is 0 Å². The first-order valence-electron chi connectivity index (χ1n) is 6.05. The summed E-state index contributed by atoms with van der Waals surface area (Å²) in [5, 5.41) is 11.5. The van der Waals surface area contributed by atoms with E-state index in [4.69, 9.17) is 4.42 Å². The number of halogens is 1. The number of aryl methyl sites for hydroxylation is 1. The minimum Gasteiger partial charge on any atom is -0.461 e. The van der Waals surface area contributed by atoms with E-state index in [1.807, 2.05) is 43.3 Å². The predicted octanol–water partition coefficient (Wildman–Crippen LogP) is 4.84. The quantitative estimate of drug-likeness (QED) is 0.742. The Labute approximate surface area is 123 Å². The fraction of sp³-hybridized carbons (Fsp3) is 0.200. The van der Waals surface area contributed by atoms with Gasteiger partial charge in [-0.2, -0.15) is 0 Å². The van der Waals surface area contributed by atoms with E-state index in [-0.39, 0.29) is 0 Å². The standard InChI is InChI=1S/C15H13BrO2S/c1-9-15(11-4-2-3-5-13(11)18-9)12(17)8-10-6-7-14(16)19-10/h2-7,12,17H,8H2,1H3. The van der Waals surface area contributed by atoms with Crippen molar-refractivity contribution in [2.75, 3.05) is 0 Å². The van der Waals surface area contributed by atoms with Crippen molar-refractivity contribution < 1.29 is 9.52 Å². The summed E-state index contributed by atoms with van der Waals surface area (Å²) in [6.45, 7) is 1.91. The van der Waals surface area contributed by atoms with Gasteiger partial charge < -0.3 is 9.52 Å². The second-order valence-electron chi connectivity index (χ2n) is 4.49. The van der Waals surface area contributed by atoms with Crippen LogP contribution in [0.3, 0.4) is 0 Å². The Morgan fingerprint density at radius 1 is 1.26 bits per heavy atom. The molecule has 0 fully saturated rings. The Morgan fingerprint density at radius 3 is 2.79 bits per heavy atom. The highest BCUT2D eigenvalue weighted by molar-refractivity contribution is 9.11. The maximum Gasteiger partial charge on any atom is 0.134 e. The lowest BCUT2D eigenvalue weighted by Crippen LogP contribution is -2.01. The van der Waals surface area contributed by atoms with Crippen LogP contribution in [-0.4, -0.2) is 5.11 Å². The molecule has 0 aliphatic heterocycles. The zero-order valence-corrected chi connectivity index (χ0v) is 12.8. The third-order valence-corrected chi connectivity index (χ3v) is 4.82. The fourth-order valence-corrected chi connectivity index (χ4v) is 3.88. The number of rotatable bonds is 3. The van der Waals surface area contributed by atoms with Crippen molar-refractivity contribution in [3.63, 3.8) is 0 Å². The van der Waals surface area contributed by atoms with Gasteiger partial charge in [-0.25, -0.2) is 0 Å². The molecule has 0 saturated carbocycles. The van der Waals surface area contributed by atoms with Gasteiger partial charge in [0, 0.05) is 22.2 Å². The Morgan fingerprint density at radius 2 is 2.05 bits per heavy atom. The van der Waals surface area contributed by atoms with Crippen LogP contribution in [0.4, 0.5) is 0 Å². The Hall–Kier alpha value is -1.10. The van der Waals surface area contributed by atoms with E-state index in [0.717, 1.165) is 31.0 Å². The smallest absolute Gasteiger partial charge is 0.134 e. The van der Waals surface area contributed by atoms with Gasteiger partial charge in [-0.05, 0) is 41.1 Å². The van der Waals surface area contributed by atoms with Crippen LogP contribution in [0.2, 0.25) is 0 Å². The molecule has 19 heavy (non-hydrogen) atoms. The third kappa shape index (κ3) is 2.48. The summed E-state index contributed by atoms with van der Waals surface area (Å²) in [6, 6.07) is 11.9. The van der Waals surface area contributed by atoms with E-state index < -0.39 is 6.10 Å². The number of aliphatic hydroxyl groups is 1. The topological polar surface area (TPSA) is 33.4 Å². The SMILES string of the molecule is Cc1oc2ccccc2c1C(O)Cc1ccc(Br)s1. The van der Waals surface area contributed by atoms with E-state index in [1.165, 1.54) is 0 Å². The minimum atomic E-state index is -0.533.